The molecule has 0 aliphatic rings. The van der Waals surface area contributed by atoms with E-state index in [4.69, 9.17) is 9.40 Å². The Balaban J connectivity index is 1.24. The first kappa shape index (κ1) is 32.4. The Kier molecular flexibility index (Phi) is 8.20. The summed E-state index contributed by atoms with van der Waals surface area (Å²) >= 11 is 0. The lowest BCUT2D eigenvalue weighted by molar-refractivity contribution is 0.670. The Morgan fingerprint density at radius 3 is 1.36 bits per heavy atom. The van der Waals surface area contributed by atoms with E-state index in [1.165, 1.54) is 16.7 Å². The number of hydrogen-bond acceptors (Lipinski definition) is 2. The zero-order valence-electron chi connectivity index (χ0n) is 30.1. The van der Waals surface area contributed by atoms with E-state index in [1.54, 1.807) is 0 Å². The molecule has 2 nitrogen and oxygen atoms in total. The van der Waals surface area contributed by atoms with E-state index in [0.717, 1.165) is 83.4 Å². The summed E-state index contributed by atoms with van der Waals surface area (Å²) in [6.07, 6.45) is 0. The predicted octanol–water partition coefficient (Wildman–Crippen LogP) is 14.6. The molecule has 0 saturated heterocycles. The first-order valence-electron chi connectivity index (χ1n) is 18.7. The molecule has 10 rings (SSSR count). The van der Waals surface area contributed by atoms with Crippen molar-refractivity contribution >= 4 is 21.9 Å². The molecule has 0 unspecified atom stereocenters. The lowest BCUT2D eigenvalue weighted by Crippen LogP contribution is -1.92. The minimum Gasteiger partial charge on any atom is -0.455 e. The zero-order chi connectivity index (χ0) is 36.6. The quantitative estimate of drug-likeness (QED) is 0.165. The summed E-state index contributed by atoms with van der Waals surface area (Å²) < 4.78 is 6.93. The SMILES string of the molecule is c1ccc(-c2cccc(-c3cc(-c4cccc(-c5ccccc5)c4)c4oc5cccc(-c6cc(-c7ccccc7)cc(-c7ccccc7)n6)c5c4c3)c2)cc1. The highest BCUT2D eigenvalue weighted by atomic mass is 16.3. The summed E-state index contributed by atoms with van der Waals surface area (Å²) in [6, 6.07) is 75.1. The van der Waals surface area contributed by atoms with Crippen LogP contribution in [0.15, 0.2) is 217 Å². The van der Waals surface area contributed by atoms with E-state index >= 15 is 0 Å². The molecule has 2 aromatic heterocycles. The molecule has 0 bridgehead atoms. The van der Waals surface area contributed by atoms with E-state index in [0.29, 0.717) is 0 Å². The van der Waals surface area contributed by atoms with Crippen LogP contribution in [0.1, 0.15) is 0 Å². The summed E-state index contributed by atoms with van der Waals surface area (Å²) in [6.45, 7) is 0. The average Bonchev–Trinajstić information content (AvgIpc) is 3.66. The Bertz CT molecular complexity index is 2890. The van der Waals surface area contributed by atoms with Crippen molar-refractivity contribution in [1.29, 1.82) is 0 Å². The molecule has 0 saturated carbocycles. The summed E-state index contributed by atoms with van der Waals surface area (Å²) in [5.74, 6) is 0. The van der Waals surface area contributed by atoms with Crippen molar-refractivity contribution in [2.45, 2.75) is 0 Å². The molecule has 55 heavy (non-hydrogen) atoms. The maximum absolute atomic E-state index is 6.93. The van der Waals surface area contributed by atoms with Crippen molar-refractivity contribution in [3.63, 3.8) is 0 Å². The fraction of sp³-hybridized carbons (Fsp3) is 0. The largest absolute Gasteiger partial charge is 0.455 e. The van der Waals surface area contributed by atoms with Crippen molar-refractivity contribution in [3.8, 4) is 78.1 Å². The van der Waals surface area contributed by atoms with Gasteiger partial charge in [-0.2, -0.15) is 0 Å². The van der Waals surface area contributed by atoms with Gasteiger partial charge in [-0.05, 0) is 92.5 Å². The zero-order valence-corrected chi connectivity index (χ0v) is 30.1. The molecular formula is C53H35NO. The second-order valence-corrected chi connectivity index (χ2v) is 13.9. The summed E-state index contributed by atoms with van der Waals surface area (Å²) in [5.41, 5.74) is 17.0. The van der Waals surface area contributed by atoms with Crippen molar-refractivity contribution in [1.82, 2.24) is 4.98 Å². The standard InChI is InChI=1S/C53H35NO/c1-5-16-36(17-6-1)40-24-13-26-42(30-40)44-32-47(43-27-14-25-41(31-43)37-18-7-2-8-19-37)53-48(33-44)52-46(28-15-29-51(52)55-53)50-35-45(38-20-9-3-10-21-38)34-49(54-50)39-22-11-4-12-23-39/h1-35H. The molecule has 2 heterocycles. The van der Waals surface area contributed by atoms with Crippen LogP contribution >= 0.6 is 0 Å². The van der Waals surface area contributed by atoms with Gasteiger partial charge in [-0.15, -0.1) is 0 Å². The monoisotopic (exact) mass is 701 g/mol. The number of aromatic nitrogens is 1. The van der Waals surface area contributed by atoms with Gasteiger partial charge in [0.25, 0.3) is 0 Å². The number of fused-ring (bicyclic) bond motifs is 3. The molecule has 0 N–H and O–H groups in total. The highest BCUT2D eigenvalue weighted by molar-refractivity contribution is 6.16. The second-order valence-electron chi connectivity index (χ2n) is 13.9. The van der Waals surface area contributed by atoms with Crippen LogP contribution in [0.5, 0.6) is 0 Å². The molecule has 0 amide bonds. The minimum absolute atomic E-state index is 0.830. The molecular weight excluding hydrogens is 667 g/mol. The van der Waals surface area contributed by atoms with Gasteiger partial charge in [0.2, 0.25) is 0 Å². The van der Waals surface area contributed by atoms with Crippen LogP contribution in [0.25, 0.3) is 100 Å². The van der Waals surface area contributed by atoms with Gasteiger partial charge < -0.3 is 4.42 Å². The van der Waals surface area contributed by atoms with Gasteiger partial charge in [-0.3, -0.25) is 0 Å². The minimum atomic E-state index is 0.830. The van der Waals surface area contributed by atoms with Gasteiger partial charge in [0.05, 0.1) is 11.4 Å². The maximum Gasteiger partial charge on any atom is 0.143 e. The molecule has 8 aromatic carbocycles. The van der Waals surface area contributed by atoms with Gasteiger partial charge in [0, 0.05) is 27.5 Å². The number of pyridine rings is 1. The van der Waals surface area contributed by atoms with E-state index in [-0.39, 0.29) is 0 Å². The van der Waals surface area contributed by atoms with Gasteiger partial charge in [0.1, 0.15) is 11.2 Å². The number of benzene rings is 8. The van der Waals surface area contributed by atoms with Crippen LogP contribution < -0.4 is 0 Å². The van der Waals surface area contributed by atoms with Crippen LogP contribution in [0.4, 0.5) is 0 Å². The van der Waals surface area contributed by atoms with Crippen molar-refractivity contribution in [3.05, 3.63) is 212 Å². The van der Waals surface area contributed by atoms with Crippen LogP contribution in [0.2, 0.25) is 0 Å². The third-order valence-corrected chi connectivity index (χ3v) is 10.5. The molecule has 2 heteroatoms. The Labute approximate surface area is 320 Å². The van der Waals surface area contributed by atoms with Crippen LogP contribution in [0, 0.1) is 0 Å². The third-order valence-electron chi connectivity index (χ3n) is 10.5. The molecule has 10 aromatic rings. The van der Waals surface area contributed by atoms with E-state index in [1.807, 2.05) is 6.07 Å². The normalized spacial score (nSPS) is 11.3. The van der Waals surface area contributed by atoms with E-state index in [2.05, 4.69) is 206 Å². The van der Waals surface area contributed by atoms with Gasteiger partial charge in [-0.25, -0.2) is 4.98 Å². The predicted molar refractivity (Wildman–Crippen MR) is 230 cm³/mol. The fourth-order valence-electron chi connectivity index (χ4n) is 7.75. The molecule has 258 valence electrons. The fourth-order valence-corrected chi connectivity index (χ4v) is 7.75. The summed E-state index contributed by atoms with van der Waals surface area (Å²) in [5, 5.41) is 2.11. The van der Waals surface area contributed by atoms with E-state index in [9.17, 15) is 0 Å². The summed E-state index contributed by atoms with van der Waals surface area (Å²) in [7, 11) is 0. The first-order valence-corrected chi connectivity index (χ1v) is 18.7. The molecule has 0 fully saturated rings. The van der Waals surface area contributed by atoms with Gasteiger partial charge >= 0.3 is 0 Å². The van der Waals surface area contributed by atoms with Crippen LogP contribution in [-0.4, -0.2) is 4.98 Å². The highest BCUT2D eigenvalue weighted by Crippen LogP contribution is 2.44. The van der Waals surface area contributed by atoms with Crippen LogP contribution in [-0.2, 0) is 0 Å². The molecule has 0 spiro atoms. The molecule has 0 radical (unpaired) electrons. The lowest BCUT2D eigenvalue weighted by atomic mass is 9.92. The van der Waals surface area contributed by atoms with Gasteiger partial charge in [-0.1, -0.05) is 170 Å². The topological polar surface area (TPSA) is 26.0 Å². The number of hydrogen-bond donors (Lipinski definition) is 0. The van der Waals surface area contributed by atoms with Crippen LogP contribution in [0.3, 0.4) is 0 Å². The number of furan rings is 1. The van der Waals surface area contributed by atoms with Crippen molar-refractivity contribution in [2.24, 2.45) is 0 Å². The van der Waals surface area contributed by atoms with E-state index < -0.39 is 0 Å². The lowest BCUT2D eigenvalue weighted by Gasteiger charge is -2.12. The Morgan fingerprint density at radius 1 is 0.291 bits per heavy atom. The highest BCUT2D eigenvalue weighted by Gasteiger charge is 2.20. The number of rotatable bonds is 7. The van der Waals surface area contributed by atoms with Gasteiger partial charge in [0.15, 0.2) is 0 Å². The summed E-state index contributed by atoms with van der Waals surface area (Å²) in [4.78, 5) is 5.35. The Morgan fingerprint density at radius 2 is 0.745 bits per heavy atom. The third kappa shape index (κ3) is 6.20. The van der Waals surface area contributed by atoms with Crippen molar-refractivity contribution in [2.75, 3.05) is 0 Å². The molecule has 0 atom stereocenters. The first-order chi connectivity index (χ1) is 27.2. The molecule has 0 aliphatic heterocycles. The Hall–Kier alpha value is -7.29. The molecule has 0 aliphatic carbocycles. The average molecular weight is 702 g/mol. The maximum atomic E-state index is 6.93. The number of nitrogens with zero attached hydrogens (tertiary/aromatic N) is 1. The second kappa shape index (κ2) is 13.9. The smallest absolute Gasteiger partial charge is 0.143 e. The van der Waals surface area contributed by atoms with Crippen molar-refractivity contribution < 1.29 is 4.42 Å².